The molecule has 0 spiro atoms. The number of hydrogen-bond donors (Lipinski definition) is 2. The summed E-state index contributed by atoms with van der Waals surface area (Å²) in [6.45, 7) is 5.04. The first-order chi connectivity index (χ1) is 9.45. The fourth-order valence-corrected chi connectivity index (χ4v) is 1.69. The first-order valence-electron chi connectivity index (χ1n) is 6.08. The van der Waals surface area contributed by atoms with Crippen LogP contribution in [0.3, 0.4) is 0 Å². The highest BCUT2D eigenvalue weighted by Gasteiger charge is 2.12. The summed E-state index contributed by atoms with van der Waals surface area (Å²) in [5, 5.41) is 9.05. The predicted molar refractivity (Wildman–Crippen MR) is 74.7 cm³/mol. The van der Waals surface area contributed by atoms with Crippen LogP contribution in [0.25, 0.3) is 0 Å². The Morgan fingerprint density at radius 2 is 1.90 bits per heavy atom. The van der Waals surface area contributed by atoms with Crippen LogP contribution in [-0.2, 0) is 4.79 Å². The summed E-state index contributed by atoms with van der Waals surface area (Å²) in [6.07, 6.45) is 0. The molecule has 0 aliphatic heterocycles. The average molecular weight is 273 g/mol. The molecule has 2 amide bonds. The van der Waals surface area contributed by atoms with Crippen molar-refractivity contribution in [2.75, 3.05) is 10.6 Å². The van der Waals surface area contributed by atoms with Gasteiger partial charge in [0.25, 0.3) is 5.91 Å². The van der Waals surface area contributed by atoms with Crippen LogP contribution in [0.15, 0.2) is 28.8 Å². The van der Waals surface area contributed by atoms with Crippen molar-refractivity contribution >= 4 is 23.2 Å². The van der Waals surface area contributed by atoms with E-state index in [1.54, 1.807) is 25.1 Å². The van der Waals surface area contributed by atoms with E-state index < -0.39 is 0 Å². The Kier molecular flexibility index (Phi) is 3.84. The van der Waals surface area contributed by atoms with Crippen LogP contribution in [-0.4, -0.2) is 17.0 Å². The van der Waals surface area contributed by atoms with Crippen molar-refractivity contribution in [3.05, 3.63) is 41.3 Å². The summed E-state index contributed by atoms with van der Waals surface area (Å²) in [5.41, 5.74) is 2.77. The van der Waals surface area contributed by atoms with Crippen molar-refractivity contribution in [3.8, 4) is 0 Å². The van der Waals surface area contributed by atoms with E-state index >= 15 is 0 Å². The second-order valence-electron chi connectivity index (χ2n) is 4.50. The van der Waals surface area contributed by atoms with E-state index in [2.05, 4.69) is 15.8 Å². The number of hydrogen-bond acceptors (Lipinski definition) is 4. The molecule has 0 bridgehead atoms. The van der Waals surface area contributed by atoms with Gasteiger partial charge in [-0.2, -0.15) is 0 Å². The van der Waals surface area contributed by atoms with Gasteiger partial charge in [-0.1, -0.05) is 11.2 Å². The minimum atomic E-state index is -0.386. The third-order valence-electron chi connectivity index (χ3n) is 2.66. The number of nitrogens with zero attached hydrogens (tertiary/aromatic N) is 1. The molecule has 0 radical (unpaired) electrons. The maximum Gasteiger partial charge on any atom is 0.294 e. The number of carbonyl (C=O) groups is 2. The zero-order valence-corrected chi connectivity index (χ0v) is 11.5. The zero-order chi connectivity index (χ0) is 14.7. The summed E-state index contributed by atoms with van der Waals surface area (Å²) in [7, 11) is 0. The molecule has 1 heterocycles. The zero-order valence-electron chi connectivity index (χ0n) is 11.5. The fraction of sp³-hybridized carbons (Fsp3) is 0.214. The monoisotopic (exact) mass is 273 g/mol. The van der Waals surface area contributed by atoms with Gasteiger partial charge < -0.3 is 15.2 Å². The Balaban J connectivity index is 2.17. The highest BCUT2D eigenvalue weighted by Crippen LogP contribution is 2.21. The molecular weight excluding hydrogens is 258 g/mol. The van der Waals surface area contributed by atoms with E-state index in [1.807, 2.05) is 13.0 Å². The summed E-state index contributed by atoms with van der Waals surface area (Å²) in [5.74, 6) is -0.408. The predicted octanol–water partition coefficient (Wildman–Crippen LogP) is 2.50. The minimum absolute atomic E-state index is 0.143. The Hall–Kier alpha value is -2.63. The van der Waals surface area contributed by atoms with Crippen molar-refractivity contribution in [1.82, 2.24) is 5.16 Å². The number of aromatic nitrogens is 1. The third-order valence-corrected chi connectivity index (χ3v) is 2.66. The van der Waals surface area contributed by atoms with Gasteiger partial charge in [-0.25, -0.2) is 0 Å². The van der Waals surface area contributed by atoms with Crippen molar-refractivity contribution in [3.63, 3.8) is 0 Å². The highest BCUT2D eigenvalue weighted by atomic mass is 16.5. The van der Waals surface area contributed by atoms with Crippen LogP contribution in [0.1, 0.15) is 28.7 Å². The summed E-state index contributed by atoms with van der Waals surface area (Å²) < 4.78 is 4.89. The molecule has 6 nitrogen and oxygen atoms in total. The lowest BCUT2D eigenvalue weighted by atomic mass is 10.1. The van der Waals surface area contributed by atoms with Crippen molar-refractivity contribution in [2.45, 2.75) is 20.8 Å². The first kappa shape index (κ1) is 13.8. The maximum absolute atomic E-state index is 11.9. The molecule has 0 unspecified atom stereocenters. The topological polar surface area (TPSA) is 84.2 Å². The lowest BCUT2D eigenvalue weighted by Crippen LogP contribution is -2.12. The van der Waals surface area contributed by atoms with Crippen molar-refractivity contribution in [2.24, 2.45) is 0 Å². The van der Waals surface area contributed by atoms with Crippen LogP contribution in [0, 0.1) is 13.8 Å². The van der Waals surface area contributed by atoms with Gasteiger partial charge in [0.1, 0.15) is 0 Å². The Labute approximate surface area is 116 Å². The van der Waals surface area contributed by atoms with Crippen molar-refractivity contribution < 1.29 is 14.1 Å². The molecule has 1 aromatic heterocycles. The number of nitrogens with one attached hydrogen (secondary N) is 2. The molecule has 2 rings (SSSR count). The smallest absolute Gasteiger partial charge is 0.294 e. The second-order valence-corrected chi connectivity index (χ2v) is 4.50. The van der Waals surface area contributed by atoms with Gasteiger partial charge in [0, 0.05) is 24.4 Å². The molecule has 2 N–H and O–H groups in total. The molecule has 0 aliphatic carbocycles. The number of carbonyl (C=O) groups excluding carboxylic acids is 2. The van der Waals surface area contributed by atoms with Gasteiger partial charge in [-0.3, -0.25) is 9.59 Å². The molecule has 0 aliphatic rings. The maximum atomic E-state index is 11.9. The lowest BCUT2D eigenvalue weighted by molar-refractivity contribution is -0.114. The summed E-state index contributed by atoms with van der Waals surface area (Å²) in [4.78, 5) is 23.0. The molecule has 0 fully saturated rings. The average Bonchev–Trinajstić information content (AvgIpc) is 2.79. The Morgan fingerprint density at radius 1 is 1.15 bits per heavy atom. The van der Waals surface area contributed by atoms with Gasteiger partial charge >= 0.3 is 0 Å². The summed E-state index contributed by atoms with van der Waals surface area (Å²) >= 11 is 0. The van der Waals surface area contributed by atoms with Crippen LogP contribution < -0.4 is 10.6 Å². The van der Waals surface area contributed by atoms with Gasteiger partial charge in [0.2, 0.25) is 11.7 Å². The van der Waals surface area contributed by atoms with Crippen molar-refractivity contribution in [1.29, 1.82) is 0 Å². The molecule has 0 atom stereocenters. The van der Waals surface area contributed by atoms with E-state index in [4.69, 9.17) is 4.52 Å². The number of rotatable bonds is 3. The van der Waals surface area contributed by atoms with Gasteiger partial charge in [0.05, 0.1) is 5.69 Å². The number of benzene rings is 1. The quantitative estimate of drug-likeness (QED) is 0.899. The SMILES string of the molecule is CC(=O)Nc1cc(NC(=O)c2cc(C)no2)ccc1C. The Morgan fingerprint density at radius 3 is 2.50 bits per heavy atom. The molecule has 104 valence electrons. The van der Waals surface area contributed by atoms with Gasteiger partial charge in [-0.05, 0) is 31.5 Å². The van der Waals surface area contributed by atoms with Crippen LogP contribution in [0.4, 0.5) is 11.4 Å². The van der Waals surface area contributed by atoms with E-state index in [9.17, 15) is 9.59 Å². The van der Waals surface area contributed by atoms with E-state index in [1.165, 1.54) is 6.92 Å². The molecule has 0 saturated heterocycles. The molecule has 0 saturated carbocycles. The van der Waals surface area contributed by atoms with Gasteiger partial charge in [-0.15, -0.1) is 0 Å². The lowest BCUT2D eigenvalue weighted by Gasteiger charge is -2.09. The van der Waals surface area contributed by atoms with Gasteiger partial charge in [0.15, 0.2) is 0 Å². The van der Waals surface area contributed by atoms with E-state index in [0.717, 1.165) is 5.56 Å². The number of amides is 2. The molecule has 2 aromatic rings. The van der Waals surface area contributed by atoms with Crippen LogP contribution >= 0.6 is 0 Å². The minimum Gasteiger partial charge on any atom is -0.351 e. The normalized spacial score (nSPS) is 10.2. The third kappa shape index (κ3) is 3.23. The first-order valence-corrected chi connectivity index (χ1v) is 6.08. The van der Waals surface area contributed by atoms with E-state index in [-0.39, 0.29) is 17.6 Å². The number of anilines is 2. The number of aryl methyl sites for hydroxylation is 2. The Bertz CT molecular complexity index is 661. The van der Waals surface area contributed by atoms with Crippen LogP contribution in [0.2, 0.25) is 0 Å². The standard InChI is InChI=1S/C14H15N3O3/c1-8-4-5-11(7-12(8)15-10(3)18)16-14(19)13-6-9(2)17-20-13/h4-7H,1-3H3,(H,15,18)(H,16,19). The highest BCUT2D eigenvalue weighted by molar-refractivity contribution is 6.02. The van der Waals surface area contributed by atoms with E-state index in [0.29, 0.717) is 17.1 Å². The molecular formula is C14H15N3O3. The fourth-order valence-electron chi connectivity index (χ4n) is 1.69. The largest absolute Gasteiger partial charge is 0.351 e. The molecule has 1 aromatic carbocycles. The molecule has 20 heavy (non-hydrogen) atoms. The molecule has 6 heteroatoms. The van der Waals surface area contributed by atoms with Crippen LogP contribution in [0.5, 0.6) is 0 Å². The summed E-state index contributed by atoms with van der Waals surface area (Å²) in [6, 6.07) is 6.81. The second kappa shape index (κ2) is 5.56.